The lowest BCUT2D eigenvalue weighted by Gasteiger charge is -2.19. The summed E-state index contributed by atoms with van der Waals surface area (Å²) in [5, 5.41) is 0. The molecule has 0 bridgehead atoms. The van der Waals surface area contributed by atoms with Gasteiger partial charge in [0, 0.05) is 12.4 Å². The molecule has 0 saturated carbocycles. The number of nitrogens with two attached hydrogens (primary N) is 1. The number of hydrogen-bond donors (Lipinski definition) is 1. The van der Waals surface area contributed by atoms with Crippen LogP contribution >= 0.6 is 0 Å². The first kappa shape index (κ1) is 11.7. The van der Waals surface area contributed by atoms with Crippen LogP contribution in [0, 0.1) is 0 Å². The van der Waals surface area contributed by atoms with Gasteiger partial charge in [-0.15, -0.1) is 0 Å². The van der Waals surface area contributed by atoms with Gasteiger partial charge in [0.25, 0.3) is 6.02 Å². The third kappa shape index (κ3) is 2.17. The molecule has 4 heteroatoms. The highest BCUT2D eigenvalue weighted by Crippen LogP contribution is 2.32. The van der Waals surface area contributed by atoms with Crippen LogP contribution in [0.25, 0.3) is 11.1 Å². The number of rotatable bonds is 2. The molecule has 0 spiro atoms. The monoisotopic (exact) mass is 253 g/mol. The molecule has 3 rings (SSSR count). The zero-order valence-corrected chi connectivity index (χ0v) is 10.7. The molecule has 2 N–H and O–H groups in total. The number of pyridine rings is 1. The Morgan fingerprint density at radius 1 is 1.21 bits per heavy atom. The van der Waals surface area contributed by atoms with Crippen molar-refractivity contribution in [1.82, 2.24) is 4.98 Å². The van der Waals surface area contributed by atoms with Gasteiger partial charge in [0.05, 0.1) is 0 Å². The summed E-state index contributed by atoms with van der Waals surface area (Å²) in [6.07, 6.45) is 3.62. The predicted octanol–water partition coefficient (Wildman–Crippen LogP) is 2.31. The van der Waals surface area contributed by atoms with Crippen molar-refractivity contribution >= 4 is 6.02 Å². The van der Waals surface area contributed by atoms with E-state index in [1.165, 1.54) is 0 Å². The molecule has 0 amide bonds. The molecule has 96 valence electrons. The van der Waals surface area contributed by atoms with Crippen LogP contribution < -0.4 is 5.73 Å². The van der Waals surface area contributed by atoms with Gasteiger partial charge in [0.1, 0.15) is 12.1 Å². The van der Waals surface area contributed by atoms with E-state index in [2.05, 4.69) is 22.1 Å². The van der Waals surface area contributed by atoms with Crippen molar-refractivity contribution in [3.05, 3.63) is 54.4 Å². The Hall–Kier alpha value is -2.36. The van der Waals surface area contributed by atoms with Crippen molar-refractivity contribution < 1.29 is 4.74 Å². The summed E-state index contributed by atoms with van der Waals surface area (Å²) in [5.41, 5.74) is 8.51. The average Bonchev–Trinajstić information content (AvgIpc) is 2.81. The number of benzene rings is 1. The lowest BCUT2D eigenvalue weighted by Crippen LogP contribution is -2.20. The molecular formula is C15H15N3O. The molecule has 2 heterocycles. The zero-order chi connectivity index (χ0) is 13.3. The van der Waals surface area contributed by atoms with Crippen LogP contribution in [-0.4, -0.2) is 17.6 Å². The Morgan fingerprint density at radius 2 is 2.05 bits per heavy atom. The van der Waals surface area contributed by atoms with Crippen molar-refractivity contribution in [3.63, 3.8) is 0 Å². The molecule has 0 radical (unpaired) electrons. The van der Waals surface area contributed by atoms with E-state index < -0.39 is 5.54 Å². The first-order chi connectivity index (χ1) is 9.17. The quantitative estimate of drug-likeness (QED) is 0.893. The van der Waals surface area contributed by atoms with Crippen molar-refractivity contribution in [1.29, 1.82) is 0 Å². The Labute approximate surface area is 112 Å². The molecule has 0 fully saturated rings. The fourth-order valence-electron chi connectivity index (χ4n) is 2.24. The van der Waals surface area contributed by atoms with E-state index in [4.69, 9.17) is 10.5 Å². The molecule has 19 heavy (non-hydrogen) atoms. The molecule has 1 atom stereocenters. The number of aromatic nitrogens is 1. The first-order valence-corrected chi connectivity index (χ1v) is 6.16. The summed E-state index contributed by atoms with van der Waals surface area (Å²) in [6.45, 7) is 2.50. The number of ether oxygens (including phenoxy) is 1. The van der Waals surface area contributed by atoms with Gasteiger partial charge in [-0.3, -0.25) is 4.98 Å². The highest BCUT2D eigenvalue weighted by molar-refractivity contribution is 5.74. The van der Waals surface area contributed by atoms with Gasteiger partial charge in [-0.2, -0.15) is 0 Å². The summed E-state index contributed by atoms with van der Waals surface area (Å²) in [4.78, 5) is 8.53. The van der Waals surface area contributed by atoms with Crippen LogP contribution in [0.2, 0.25) is 0 Å². The summed E-state index contributed by atoms with van der Waals surface area (Å²) in [5.74, 6) is 0. The maximum absolute atomic E-state index is 5.61. The summed E-state index contributed by atoms with van der Waals surface area (Å²) < 4.78 is 5.28. The standard InChI is InChI=1S/C15H15N3O/c1-15(10-19-14(16)18-15)13-6-2-4-11(8-13)12-5-3-7-17-9-12/h2-9H,10H2,1H3,(H2,16,18). The Morgan fingerprint density at radius 3 is 2.74 bits per heavy atom. The number of nitrogens with zero attached hydrogens (tertiary/aromatic N) is 2. The SMILES string of the molecule is CC1(c2cccc(-c3cccnc3)c2)COC(N)=N1. The smallest absolute Gasteiger partial charge is 0.283 e. The average molecular weight is 253 g/mol. The summed E-state index contributed by atoms with van der Waals surface area (Å²) in [7, 11) is 0. The van der Waals surface area contributed by atoms with Crippen molar-refractivity contribution in [2.45, 2.75) is 12.5 Å². The normalized spacial score (nSPS) is 21.8. The molecule has 1 unspecified atom stereocenters. The number of aliphatic imine (C=N–C) groups is 1. The minimum absolute atomic E-state index is 0.259. The Balaban J connectivity index is 2.02. The van der Waals surface area contributed by atoms with Crippen LogP contribution in [0.4, 0.5) is 0 Å². The molecule has 0 saturated heterocycles. The van der Waals surface area contributed by atoms with Gasteiger partial charge in [-0.25, -0.2) is 4.99 Å². The number of amidine groups is 1. The van der Waals surface area contributed by atoms with Crippen molar-refractivity contribution in [3.8, 4) is 11.1 Å². The molecular weight excluding hydrogens is 238 g/mol. The molecule has 1 aromatic heterocycles. The minimum Gasteiger partial charge on any atom is -0.462 e. The number of hydrogen-bond acceptors (Lipinski definition) is 4. The van der Waals surface area contributed by atoms with Crippen LogP contribution in [-0.2, 0) is 10.3 Å². The van der Waals surface area contributed by atoms with Gasteiger partial charge in [0.15, 0.2) is 0 Å². The van der Waals surface area contributed by atoms with E-state index in [1.807, 2.05) is 37.4 Å². The topological polar surface area (TPSA) is 60.5 Å². The van der Waals surface area contributed by atoms with Crippen LogP contribution in [0.5, 0.6) is 0 Å². The van der Waals surface area contributed by atoms with Gasteiger partial charge in [-0.05, 0) is 35.7 Å². The van der Waals surface area contributed by atoms with E-state index in [9.17, 15) is 0 Å². The lowest BCUT2D eigenvalue weighted by molar-refractivity contribution is 0.266. The van der Waals surface area contributed by atoms with E-state index in [1.54, 1.807) is 6.20 Å². The Bertz CT molecular complexity index is 624. The van der Waals surface area contributed by atoms with Crippen LogP contribution in [0.1, 0.15) is 12.5 Å². The molecule has 4 nitrogen and oxygen atoms in total. The van der Waals surface area contributed by atoms with E-state index in [0.717, 1.165) is 16.7 Å². The fraction of sp³-hybridized carbons (Fsp3) is 0.200. The van der Waals surface area contributed by atoms with E-state index in [-0.39, 0.29) is 6.02 Å². The maximum Gasteiger partial charge on any atom is 0.283 e. The van der Waals surface area contributed by atoms with Gasteiger partial charge in [-0.1, -0.05) is 24.3 Å². The highest BCUT2D eigenvalue weighted by atomic mass is 16.5. The van der Waals surface area contributed by atoms with E-state index >= 15 is 0 Å². The van der Waals surface area contributed by atoms with Gasteiger partial charge in [0.2, 0.25) is 0 Å². The largest absolute Gasteiger partial charge is 0.462 e. The second kappa shape index (κ2) is 4.39. The summed E-state index contributed by atoms with van der Waals surface area (Å²) in [6, 6.07) is 12.5. The van der Waals surface area contributed by atoms with Gasteiger partial charge < -0.3 is 10.5 Å². The second-order valence-corrected chi connectivity index (χ2v) is 4.84. The third-order valence-corrected chi connectivity index (χ3v) is 3.34. The molecule has 1 aromatic carbocycles. The second-order valence-electron chi connectivity index (χ2n) is 4.84. The fourth-order valence-corrected chi connectivity index (χ4v) is 2.24. The third-order valence-electron chi connectivity index (χ3n) is 3.34. The van der Waals surface area contributed by atoms with E-state index in [0.29, 0.717) is 6.61 Å². The van der Waals surface area contributed by atoms with Crippen molar-refractivity contribution in [2.24, 2.45) is 10.7 Å². The first-order valence-electron chi connectivity index (χ1n) is 6.16. The highest BCUT2D eigenvalue weighted by Gasteiger charge is 2.32. The predicted molar refractivity (Wildman–Crippen MR) is 74.6 cm³/mol. The minimum atomic E-state index is -0.400. The molecule has 1 aliphatic rings. The zero-order valence-electron chi connectivity index (χ0n) is 10.7. The summed E-state index contributed by atoms with van der Waals surface area (Å²) >= 11 is 0. The van der Waals surface area contributed by atoms with Crippen LogP contribution in [0.3, 0.4) is 0 Å². The lowest BCUT2D eigenvalue weighted by atomic mass is 9.91. The van der Waals surface area contributed by atoms with Crippen molar-refractivity contribution in [2.75, 3.05) is 6.61 Å². The molecule has 1 aliphatic heterocycles. The van der Waals surface area contributed by atoms with Gasteiger partial charge >= 0.3 is 0 Å². The molecule has 2 aromatic rings. The Kier molecular flexibility index (Phi) is 2.71. The molecule has 0 aliphatic carbocycles. The maximum atomic E-state index is 5.61. The van der Waals surface area contributed by atoms with Crippen LogP contribution in [0.15, 0.2) is 53.8 Å².